The summed E-state index contributed by atoms with van der Waals surface area (Å²) in [4.78, 5) is 0. The first-order valence-corrected chi connectivity index (χ1v) is 3.96. The lowest BCUT2D eigenvalue weighted by atomic mass is 10.2. The molecule has 0 atom stereocenters. The van der Waals surface area contributed by atoms with Gasteiger partial charge in [-0.1, -0.05) is 6.58 Å². The molecule has 0 aliphatic carbocycles. The van der Waals surface area contributed by atoms with E-state index in [1.807, 2.05) is 0 Å². The molecule has 0 saturated carbocycles. The Morgan fingerprint density at radius 2 is 1.92 bits per heavy atom. The molecular weight excluding hydrogens is 249 g/mol. The third kappa shape index (κ3) is 2.51. The second kappa shape index (κ2) is 3.45. The second-order valence-electron chi connectivity index (χ2n) is 2.22. The summed E-state index contributed by atoms with van der Waals surface area (Å²) in [6, 6.07) is 2.58. The first-order chi connectivity index (χ1) is 5.91. The number of alkyl halides is 3. The highest BCUT2D eigenvalue weighted by Crippen LogP contribution is 2.30. The van der Waals surface area contributed by atoms with Gasteiger partial charge in [0, 0.05) is 0 Å². The maximum Gasteiger partial charge on any atom is 0.417 e. The third-order valence-corrected chi connectivity index (χ3v) is 1.71. The molecular formula is C7H4BrF3N2. The van der Waals surface area contributed by atoms with E-state index < -0.39 is 11.7 Å². The van der Waals surface area contributed by atoms with Crippen molar-refractivity contribution in [3.8, 4) is 0 Å². The van der Waals surface area contributed by atoms with E-state index >= 15 is 0 Å². The lowest BCUT2D eigenvalue weighted by Crippen LogP contribution is -2.11. The summed E-state index contributed by atoms with van der Waals surface area (Å²) in [6.07, 6.45) is -4.46. The summed E-state index contributed by atoms with van der Waals surface area (Å²) >= 11 is 2.96. The highest BCUT2D eigenvalue weighted by atomic mass is 79.9. The molecule has 1 rings (SSSR count). The van der Waals surface area contributed by atoms with E-state index in [1.54, 1.807) is 0 Å². The van der Waals surface area contributed by atoms with E-state index in [9.17, 15) is 13.2 Å². The van der Waals surface area contributed by atoms with E-state index in [2.05, 4.69) is 32.7 Å². The van der Waals surface area contributed by atoms with Gasteiger partial charge in [-0.2, -0.15) is 13.2 Å². The van der Waals surface area contributed by atoms with Gasteiger partial charge in [-0.15, -0.1) is 10.2 Å². The van der Waals surface area contributed by atoms with Crippen LogP contribution in [0.5, 0.6) is 0 Å². The van der Waals surface area contributed by atoms with Crippen molar-refractivity contribution < 1.29 is 13.2 Å². The number of aromatic nitrogens is 2. The molecule has 0 unspecified atom stereocenters. The van der Waals surface area contributed by atoms with Gasteiger partial charge in [0.15, 0.2) is 0 Å². The molecule has 0 spiro atoms. The van der Waals surface area contributed by atoms with Gasteiger partial charge in [0.25, 0.3) is 0 Å². The molecule has 0 aromatic carbocycles. The van der Waals surface area contributed by atoms with Crippen LogP contribution in [0.3, 0.4) is 0 Å². The van der Waals surface area contributed by atoms with Crippen molar-refractivity contribution in [2.45, 2.75) is 6.18 Å². The molecule has 0 N–H and O–H groups in total. The fourth-order valence-corrected chi connectivity index (χ4v) is 0.834. The molecule has 1 aromatic heterocycles. The minimum Gasteiger partial charge on any atom is -0.166 e. The molecule has 6 heteroatoms. The van der Waals surface area contributed by atoms with Crippen LogP contribution in [0, 0.1) is 0 Å². The molecule has 0 fully saturated rings. The average Bonchev–Trinajstić information content (AvgIpc) is 2.03. The van der Waals surface area contributed by atoms with Crippen LogP contribution < -0.4 is 0 Å². The maximum atomic E-state index is 12.1. The fraction of sp³-hybridized carbons (Fsp3) is 0.143. The van der Waals surface area contributed by atoms with Gasteiger partial charge in [0.2, 0.25) is 0 Å². The van der Waals surface area contributed by atoms with Crippen LogP contribution in [0.4, 0.5) is 13.2 Å². The molecule has 0 aliphatic rings. The first kappa shape index (κ1) is 10.2. The van der Waals surface area contributed by atoms with Gasteiger partial charge in [-0.05, 0) is 28.1 Å². The van der Waals surface area contributed by atoms with Gasteiger partial charge < -0.3 is 0 Å². The van der Waals surface area contributed by atoms with Gasteiger partial charge >= 0.3 is 6.18 Å². The van der Waals surface area contributed by atoms with E-state index in [1.165, 1.54) is 12.1 Å². The summed E-state index contributed by atoms with van der Waals surface area (Å²) in [5.74, 6) is 0. The van der Waals surface area contributed by atoms with Crippen LogP contribution in [-0.2, 0) is 0 Å². The molecule has 1 aromatic rings. The van der Waals surface area contributed by atoms with Crippen molar-refractivity contribution >= 4 is 21.5 Å². The number of halogens is 4. The zero-order valence-electron chi connectivity index (χ0n) is 6.27. The molecule has 0 bridgehead atoms. The predicted octanol–water partition coefficient (Wildman–Crippen LogP) is 2.81. The first-order valence-electron chi connectivity index (χ1n) is 3.17. The van der Waals surface area contributed by atoms with Crippen molar-refractivity contribution in [1.82, 2.24) is 10.2 Å². The van der Waals surface area contributed by atoms with Crippen LogP contribution in [0.15, 0.2) is 23.3 Å². The van der Waals surface area contributed by atoms with Gasteiger partial charge in [0.05, 0.1) is 11.3 Å². The summed E-state index contributed by atoms with van der Waals surface area (Å²) in [6.45, 7) is 2.88. The van der Waals surface area contributed by atoms with E-state index in [0.29, 0.717) is 4.60 Å². The third-order valence-electron chi connectivity index (χ3n) is 1.28. The monoisotopic (exact) mass is 252 g/mol. The van der Waals surface area contributed by atoms with E-state index in [-0.39, 0.29) is 5.69 Å². The molecule has 13 heavy (non-hydrogen) atoms. The smallest absolute Gasteiger partial charge is 0.166 e. The van der Waals surface area contributed by atoms with Crippen LogP contribution in [0.25, 0.3) is 5.57 Å². The molecule has 70 valence electrons. The molecule has 0 saturated heterocycles. The molecule has 0 aliphatic heterocycles. The zero-order valence-corrected chi connectivity index (χ0v) is 7.85. The lowest BCUT2D eigenvalue weighted by molar-refractivity contribution is -0.0689. The van der Waals surface area contributed by atoms with E-state index in [4.69, 9.17) is 0 Å². The van der Waals surface area contributed by atoms with Crippen LogP contribution in [0.1, 0.15) is 5.69 Å². The standard InChI is InChI=1S/C7H4BrF3N2/c1-4(7(9,10)11)5-2-3-6(8)13-12-5/h2-3H,1H2. The Morgan fingerprint density at radius 3 is 2.31 bits per heavy atom. The minimum absolute atomic E-state index is 0.268. The number of nitrogens with zero attached hydrogens (tertiary/aromatic N) is 2. The summed E-state index contributed by atoms with van der Waals surface area (Å²) in [7, 11) is 0. The van der Waals surface area contributed by atoms with Crippen molar-refractivity contribution in [1.29, 1.82) is 0 Å². The Kier molecular flexibility index (Phi) is 2.70. The van der Waals surface area contributed by atoms with Gasteiger partial charge in [0.1, 0.15) is 4.60 Å². The number of hydrogen-bond acceptors (Lipinski definition) is 2. The van der Waals surface area contributed by atoms with Crippen molar-refractivity contribution in [2.24, 2.45) is 0 Å². The zero-order chi connectivity index (χ0) is 10.1. The topological polar surface area (TPSA) is 25.8 Å². The van der Waals surface area contributed by atoms with E-state index in [0.717, 1.165) is 0 Å². The normalized spacial score (nSPS) is 11.4. The van der Waals surface area contributed by atoms with Crippen molar-refractivity contribution in [3.63, 3.8) is 0 Å². The Morgan fingerprint density at radius 1 is 1.31 bits per heavy atom. The number of hydrogen-bond donors (Lipinski definition) is 0. The highest BCUT2D eigenvalue weighted by molar-refractivity contribution is 9.10. The molecule has 2 nitrogen and oxygen atoms in total. The summed E-state index contributed by atoms with van der Waals surface area (Å²) in [5, 5.41) is 6.75. The Bertz CT molecular complexity index is 318. The largest absolute Gasteiger partial charge is 0.417 e. The van der Waals surface area contributed by atoms with Crippen LogP contribution in [-0.4, -0.2) is 16.4 Å². The Labute approximate surface area is 80.6 Å². The number of rotatable bonds is 1. The second-order valence-corrected chi connectivity index (χ2v) is 3.03. The van der Waals surface area contributed by atoms with Crippen molar-refractivity contribution in [3.05, 3.63) is 29.0 Å². The van der Waals surface area contributed by atoms with Gasteiger partial charge in [-0.25, -0.2) is 0 Å². The lowest BCUT2D eigenvalue weighted by Gasteiger charge is -2.07. The van der Waals surface area contributed by atoms with Gasteiger partial charge in [-0.3, -0.25) is 0 Å². The number of allylic oxidation sites excluding steroid dienone is 1. The van der Waals surface area contributed by atoms with Crippen LogP contribution >= 0.6 is 15.9 Å². The molecule has 1 heterocycles. The summed E-state index contributed by atoms with van der Waals surface area (Å²) < 4.78 is 36.5. The maximum absolute atomic E-state index is 12.1. The molecule has 0 radical (unpaired) electrons. The highest BCUT2D eigenvalue weighted by Gasteiger charge is 2.33. The quantitative estimate of drug-likeness (QED) is 0.769. The predicted molar refractivity (Wildman–Crippen MR) is 44.8 cm³/mol. The Hall–Kier alpha value is -0.910. The summed E-state index contributed by atoms with van der Waals surface area (Å²) in [5.41, 5.74) is -1.26. The Balaban J connectivity index is 2.97. The minimum atomic E-state index is -4.46. The van der Waals surface area contributed by atoms with Crippen LogP contribution in [0.2, 0.25) is 0 Å². The SMILES string of the molecule is C=C(c1ccc(Br)nn1)C(F)(F)F. The fourth-order valence-electron chi connectivity index (χ4n) is 0.622. The van der Waals surface area contributed by atoms with Crippen molar-refractivity contribution in [2.75, 3.05) is 0 Å². The average molecular weight is 253 g/mol. The molecule has 0 amide bonds.